The molecule has 0 unspecified atom stereocenters. The number of imidazole rings is 1. The molecule has 0 aliphatic heterocycles. The van der Waals surface area contributed by atoms with Gasteiger partial charge < -0.3 is 14.8 Å². The summed E-state index contributed by atoms with van der Waals surface area (Å²) in [7, 11) is 3.23. The SMILES string of the molecule is COc1ccc(OC)c([C@H](C)NC(=O)CSc2nccn2-c2ccc(C)c(C)c2)c1. The molecule has 0 bridgehead atoms. The van der Waals surface area contributed by atoms with Crippen molar-refractivity contribution in [2.45, 2.75) is 32.0 Å². The minimum absolute atomic E-state index is 0.0768. The van der Waals surface area contributed by atoms with Crippen LogP contribution in [0.5, 0.6) is 11.5 Å². The van der Waals surface area contributed by atoms with E-state index in [9.17, 15) is 4.79 Å². The zero-order valence-corrected chi connectivity index (χ0v) is 18.7. The highest BCUT2D eigenvalue weighted by Crippen LogP contribution is 2.29. The summed E-state index contributed by atoms with van der Waals surface area (Å²) in [5, 5.41) is 3.81. The summed E-state index contributed by atoms with van der Waals surface area (Å²) in [6.45, 7) is 6.10. The van der Waals surface area contributed by atoms with Crippen molar-refractivity contribution in [3.8, 4) is 17.2 Å². The molecule has 0 aliphatic carbocycles. The van der Waals surface area contributed by atoms with Crippen molar-refractivity contribution >= 4 is 17.7 Å². The predicted octanol–water partition coefficient (Wildman–Crippen LogP) is 4.48. The second-order valence-corrected chi connectivity index (χ2v) is 7.98. The van der Waals surface area contributed by atoms with Crippen molar-refractivity contribution in [3.63, 3.8) is 0 Å². The zero-order valence-electron chi connectivity index (χ0n) is 17.9. The van der Waals surface area contributed by atoms with Crippen LogP contribution in [-0.2, 0) is 4.79 Å². The van der Waals surface area contributed by atoms with Gasteiger partial charge in [0.2, 0.25) is 5.91 Å². The van der Waals surface area contributed by atoms with Crippen LogP contribution in [0.4, 0.5) is 0 Å². The number of nitrogens with one attached hydrogen (secondary N) is 1. The van der Waals surface area contributed by atoms with E-state index in [0.717, 1.165) is 22.2 Å². The second kappa shape index (κ2) is 9.71. The first-order valence-electron chi connectivity index (χ1n) is 9.68. The molecule has 0 spiro atoms. The number of methoxy groups -OCH3 is 2. The number of amides is 1. The highest BCUT2D eigenvalue weighted by Gasteiger charge is 2.16. The van der Waals surface area contributed by atoms with Crippen molar-refractivity contribution in [1.29, 1.82) is 0 Å². The smallest absolute Gasteiger partial charge is 0.230 e. The quantitative estimate of drug-likeness (QED) is 0.539. The van der Waals surface area contributed by atoms with E-state index in [-0.39, 0.29) is 17.7 Å². The van der Waals surface area contributed by atoms with Crippen LogP contribution in [0.1, 0.15) is 29.7 Å². The maximum atomic E-state index is 12.6. The van der Waals surface area contributed by atoms with Crippen LogP contribution in [-0.4, -0.2) is 35.4 Å². The van der Waals surface area contributed by atoms with E-state index < -0.39 is 0 Å². The minimum Gasteiger partial charge on any atom is -0.497 e. The lowest BCUT2D eigenvalue weighted by molar-refractivity contribution is -0.119. The molecule has 6 nitrogen and oxygen atoms in total. The second-order valence-electron chi connectivity index (χ2n) is 7.03. The van der Waals surface area contributed by atoms with Crippen molar-refractivity contribution in [2.75, 3.05) is 20.0 Å². The maximum Gasteiger partial charge on any atom is 0.230 e. The van der Waals surface area contributed by atoms with Gasteiger partial charge in [-0.05, 0) is 62.2 Å². The fourth-order valence-corrected chi connectivity index (χ4v) is 3.92. The zero-order chi connectivity index (χ0) is 21.7. The Bertz CT molecular complexity index is 1030. The first-order chi connectivity index (χ1) is 14.4. The molecule has 0 saturated carbocycles. The normalized spacial score (nSPS) is 11.8. The fourth-order valence-electron chi connectivity index (χ4n) is 3.14. The summed E-state index contributed by atoms with van der Waals surface area (Å²) >= 11 is 1.41. The first kappa shape index (κ1) is 21.8. The van der Waals surface area contributed by atoms with Crippen molar-refractivity contribution in [1.82, 2.24) is 14.9 Å². The number of carbonyl (C=O) groups excluding carboxylic acids is 1. The van der Waals surface area contributed by atoms with E-state index in [2.05, 4.69) is 42.3 Å². The van der Waals surface area contributed by atoms with Crippen LogP contribution in [0.15, 0.2) is 53.9 Å². The number of carbonyl (C=O) groups is 1. The van der Waals surface area contributed by atoms with Crippen molar-refractivity contribution < 1.29 is 14.3 Å². The molecular weight excluding hydrogens is 398 g/mol. The molecule has 0 fully saturated rings. The van der Waals surface area contributed by atoms with E-state index in [1.54, 1.807) is 20.4 Å². The monoisotopic (exact) mass is 425 g/mol. The van der Waals surface area contributed by atoms with Crippen LogP contribution < -0.4 is 14.8 Å². The Morgan fingerprint density at radius 3 is 2.63 bits per heavy atom. The van der Waals surface area contributed by atoms with Gasteiger partial charge in [0, 0.05) is 23.6 Å². The topological polar surface area (TPSA) is 65.4 Å². The molecule has 30 heavy (non-hydrogen) atoms. The van der Waals surface area contributed by atoms with Crippen LogP contribution in [0, 0.1) is 13.8 Å². The van der Waals surface area contributed by atoms with Crippen LogP contribution in [0.25, 0.3) is 5.69 Å². The number of rotatable bonds is 8. The highest BCUT2D eigenvalue weighted by atomic mass is 32.2. The fraction of sp³-hybridized carbons (Fsp3) is 0.304. The van der Waals surface area contributed by atoms with Gasteiger partial charge in [-0.15, -0.1) is 0 Å². The Morgan fingerprint density at radius 1 is 1.13 bits per heavy atom. The molecule has 1 heterocycles. The first-order valence-corrected chi connectivity index (χ1v) is 10.7. The van der Waals surface area contributed by atoms with Gasteiger partial charge in [-0.1, -0.05) is 17.8 Å². The molecule has 0 radical (unpaired) electrons. The number of aryl methyl sites for hydroxylation is 2. The molecule has 1 atom stereocenters. The Kier molecular flexibility index (Phi) is 7.05. The molecule has 3 rings (SSSR count). The summed E-state index contributed by atoms with van der Waals surface area (Å²) < 4.78 is 12.7. The molecule has 7 heteroatoms. The highest BCUT2D eigenvalue weighted by molar-refractivity contribution is 7.99. The van der Waals surface area contributed by atoms with Gasteiger partial charge in [-0.3, -0.25) is 9.36 Å². The molecular formula is C23H27N3O3S. The summed E-state index contributed by atoms with van der Waals surface area (Å²) in [4.78, 5) is 17.0. The summed E-state index contributed by atoms with van der Waals surface area (Å²) in [6, 6.07) is 11.6. The number of aromatic nitrogens is 2. The van der Waals surface area contributed by atoms with Crippen molar-refractivity contribution in [2.24, 2.45) is 0 Å². The van der Waals surface area contributed by atoms with Gasteiger partial charge in [0.15, 0.2) is 5.16 Å². The average molecular weight is 426 g/mol. The van der Waals surface area contributed by atoms with E-state index in [1.165, 1.54) is 22.9 Å². The van der Waals surface area contributed by atoms with Gasteiger partial charge in [0.1, 0.15) is 11.5 Å². The lowest BCUT2D eigenvalue weighted by atomic mass is 10.1. The largest absolute Gasteiger partial charge is 0.497 e. The molecule has 3 aromatic rings. The minimum atomic E-state index is -0.220. The maximum absolute atomic E-state index is 12.6. The number of hydrogen-bond acceptors (Lipinski definition) is 5. The van der Waals surface area contributed by atoms with Crippen LogP contribution >= 0.6 is 11.8 Å². The number of nitrogens with zero attached hydrogens (tertiary/aromatic N) is 2. The Hall–Kier alpha value is -2.93. The average Bonchev–Trinajstić information content (AvgIpc) is 3.22. The molecule has 0 saturated heterocycles. The molecule has 1 N–H and O–H groups in total. The van der Waals surface area contributed by atoms with Crippen LogP contribution in [0.2, 0.25) is 0 Å². The number of thioether (sulfide) groups is 1. The standard InChI is InChI=1S/C23H27N3O3S/c1-15-6-7-18(12-16(15)2)26-11-10-24-23(26)30-14-22(27)25-17(3)20-13-19(28-4)8-9-21(20)29-5/h6-13,17H,14H2,1-5H3,(H,25,27)/t17-/m0/s1. The molecule has 0 aliphatic rings. The summed E-state index contributed by atoms with van der Waals surface area (Å²) in [5.41, 5.74) is 4.37. The number of hydrogen-bond donors (Lipinski definition) is 1. The number of ether oxygens (including phenoxy) is 2. The third-order valence-electron chi connectivity index (χ3n) is 4.99. The van der Waals surface area contributed by atoms with Gasteiger partial charge in [0.25, 0.3) is 0 Å². The third-order valence-corrected chi connectivity index (χ3v) is 5.96. The third kappa shape index (κ3) is 4.97. The summed E-state index contributed by atoms with van der Waals surface area (Å²) in [5.74, 6) is 1.61. The number of benzene rings is 2. The Balaban J connectivity index is 1.66. The van der Waals surface area contributed by atoms with Gasteiger partial charge in [0.05, 0.1) is 26.0 Å². The van der Waals surface area contributed by atoms with Gasteiger partial charge >= 0.3 is 0 Å². The van der Waals surface area contributed by atoms with E-state index in [1.807, 2.05) is 35.9 Å². The summed E-state index contributed by atoms with van der Waals surface area (Å²) in [6.07, 6.45) is 3.66. The van der Waals surface area contributed by atoms with Gasteiger partial charge in [-0.25, -0.2) is 4.98 Å². The molecule has 158 valence electrons. The van der Waals surface area contributed by atoms with E-state index >= 15 is 0 Å². The van der Waals surface area contributed by atoms with Crippen LogP contribution in [0.3, 0.4) is 0 Å². The predicted molar refractivity (Wildman–Crippen MR) is 120 cm³/mol. The lowest BCUT2D eigenvalue weighted by Crippen LogP contribution is -2.28. The van der Waals surface area contributed by atoms with E-state index in [4.69, 9.17) is 9.47 Å². The van der Waals surface area contributed by atoms with E-state index in [0.29, 0.717) is 5.75 Å². The van der Waals surface area contributed by atoms with Crippen molar-refractivity contribution in [3.05, 3.63) is 65.5 Å². The Morgan fingerprint density at radius 2 is 1.93 bits per heavy atom. The molecule has 1 aromatic heterocycles. The molecule has 1 amide bonds. The lowest BCUT2D eigenvalue weighted by Gasteiger charge is -2.18. The molecule has 2 aromatic carbocycles. The van der Waals surface area contributed by atoms with Gasteiger partial charge in [-0.2, -0.15) is 0 Å². The Labute approximate surface area is 181 Å².